The molecular formula is C17H25ClN4O. The molecule has 1 unspecified atom stereocenters. The lowest BCUT2D eigenvalue weighted by Gasteiger charge is -2.32. The number of nitrogens with two attached hydrogens (primary N) is 1. The van der Waals surface area contributed by atoms with Crippen molar-refractivity contribution in [1.29, 1.82) is 0 Å². The number of H-pyrrole nitrogens is 1. The van der Waals surface area contributed by atoms with E-state index in [0.29, 0.717) is 5.92 Å². The van der Waals surface area contributed by atoms with Crippen molar-refractivity contribution < 1.29 is 4.79 Å². The second-order valence-corrected chi connectivity index (χ2v) is 6.13. The van der Waals surface area contributed by atoms with Gasteiger partial charge in [0.05, 0.1) is 17.1 Å². The molecule has 1 amide bonds. The summed E-state index contributed by atoms with van der Waals surface area (Å²) in [6.45, 7) is 3.61. The van der Waals surface area contributed by atoms with E-state index in [1.54, 1.807) is 0 Å². The monoisotopic (exact) mass is 336 g/mol. The van der Waals surface area contributed by atoms with Crippen molar-refractivity contribution in [2.45, 2.75) is 44.6 Å². The molecule has 3 N–H and O–H groups in total. The van der Waals surface area contributed by atoms with Crippen molar-refractivity contribution in [1.82, 2.24) is 14.9 Å². The number of halogens is 1. The molecule has 0 aliphatic carbocycles. The van der Waals surface area contributed by atoms with Crippen LogP contribution in [0.25, 0.3) is 11.0 Å². The Morgan fingerprint density at radius 3 is 2.74 bits per heavy atom. The molecule has 6 heteroatoms. The Labute approximate surface area is 143 Å². The van der Waals surface area contributed by atoms with Gasteiger partial charge in [-0.05, 0) is 31.4 Å². The molecule has 1 aliphatic rings. The summed E-state index contributed by atoms with van der Waals surface area (Å²) >= 11 is 0. The van der Waals surface area contributed by atoms with Gasteiger partial charge in [0.25, 0.3) is 0 Å². The highest BCUT2D eigenvalue weighted by Crippen LogP contribution is 2.28. The maximum atomic E-state index is 12.2. The van der Waals surface area contributed by atoms with Crippen LogP contribution in [0.3, 0.4) is 0 Å². The molecule has 2 aromatic rings. The average molecular weight is 337 g/mol. The van der Waals surface area contributed by atoms with Crippen LogP contribution >= 0.6 is 12.4 Å². The predicted molar refractivity (Wildman–Crippen MR) is 94.8 cm³/mol. The quantitative estimate of drug-likeness (QED) is 0.901. The smallest absolute Gasteiger partial charge is 0.239 e. The van der Waals surface area contributed by atoms with Gasteiger partial charge in [0, 0.05) is 19.0 Å². The van der Waals surface area contributed by atoms with E-state index in [1.165, 1.54) is 0 Å². The zero-order chi connectivity index (χ0) is 15.5. The van der Waals surface area contributed by atoms with Crippen molar-refractivity contribution >= 4 is 29.3 Å². The fourth-order valence-corrected chi connectivity index (χ4v) is 3.21. The van der Waals surface area contributed by atoms with Gasteiger partial charge in [0.1, 0.15) is 5.82 Å². The van der Waals surface area contributed by atoms with Crippen molar-refractivity contribution in [2.24, 2.45) is 5.73 Å². The lowest BCUT2D eigenvalue weighted by atomic mass is 9.95. The molecular weight excluding hydrogens is 312 g/mol. The number of benzene rings is 1. The Hall–Kier alpha value is -1.59. The Morgan fingerprint density at radius 2 is 2.09 bits per heavy atom. The number of rotatable bonds is 4. The van der Waals surface area contributed by atoms with Crippen molar-refractivity contribution in [3.63, 3.8) is 0 Å². The zero-order valence-electron chi connectivity index (χ0n) is 13.5. The second kappa shape index (κ2) is 7.79. The molecule has 0 radical (unpaired) electrons. The largest absolute Gasteiger partial charge is 0.342 e. The summed E-state index contributed by atoms with van der Waals surface area (Å²) < 4.78 is 0. The number of imidazole rings is 1. The zero-order valence-corrected chi connectivity index (χ0v) is 14.3. The first-order valence-corrected chi connectivity index (χ1v) is 8.18. The minimum atomic E-state index is -0.340. The van der Waals surface area contributed by atoms with Crippen LogP contribution in [0.5, 0.6) is 0 Å². The fraction of sp³-hybridized carbons (Fsp3) is 0.529. The molecule has 126 valence electrons. The van der Waals surface area contributed by atoms with Crippen LogP contribution in [0.1, 0.15) is 44.3 Å². The Bertz CT molecular complexity index is 616. The molecule has 1 aromatic heterocycles. The predicted octanol–water partition coefficient (Wildman–Crippen LogP) is 2.82. The highest BCUT2D eigenvalue weighted by molar-refractivity contribution is 5.85. The number of carbonyl (C=O) groups excluding carboxylic acids is 1. The van der Waals surface area contributed by atoms with Crippen LogP contribution < -0.4 is 5.73 Å². The van der Waals surface area contributed by atoms with Gasteiger partial charge in [-0.3, -0.25) is 4.79 Å². The van der Waals surface area contributed by atoms with E-state index in [4.69, 9.17) is 5.73 Å². The maximum absolute atomic E-state index is 12.2. The number of para-hydroxylation sites is 2. The highest BCUT2D eigenvalue weighted by Gasteiger charge is 2.27. The number of fused-ring (bicyclic) bond motifs is 1. The third kappa shape index (κ3) is 3.85. The van der Waals surface area contributed by atoms with Crippen molar-refractivity contribution in [2.75, 3.05) is 13.1 Å². The molecule has 0 spiro atoms. The van der Waals surface area contributed by atoms with Crippen LogP contribution in [0.15, 0.2) is 24.3 Å². The Morgan fingerprint density at radius 1 is 1.39 bits per heavy atom. The van der Waals surface area contributed by atoms with Crippen LogP contribution in [-0.4, -0.2) is 39.9 Å². The summed E-state index contributed by atoms with van der Waals surface area (Å²) in [5.41, 5.74) is 8.04. The number of likely N-dealkylation sites (tertiary alicyclic amines) is 1. The van der Waals surface area contributed by atoms with E-state index < -0.39 is 0 Å². The topological polar surface area (TPSA) is 75.0 Å². The summed E-state index contributed by atoms with van der Waals surface area (Å²) in [6.07, 6.45) is 3.61. The standard InChI is InChI=1S/C17H24N4O.ClH/c1-2-5-13(18)17(22)21-10-8-12(9-11-21)16-19-14-6-3-4-7-15(14)20-16;/h3-4,6-7,12-13H,2,5,8-11,18H2,1H3,(H,19,20);1H. The molecule has 23 heavy (non-hydrogen) atoms. The fourth-order valence-electron chi connectivity index (χ4n) is 3.21. The first-order chi connectivity index (χ1) is 10.7. The number of piperidine rings is 1. The van der Waals surface area contributed by atoms with Gasteiger partial charge in [-0.25, -0.2) is 4.98 Å². The number of nitrogens with one attached hydrogen (secondary N) is 1. The van der Waals surface area contributed by atoms with Crippen LogP contribution in [0.4, 0.5) is 0 Å². The van der Waals surface area contributed by atoms with Crippen LogP contribution in [0, 0.1) is 0 Å². The van der Waals surface area contributed by atoms with Crippen LogP contribution in [0.2, 0.25) is 0 Å². The lowest BCUT2D eigenvalue weighted by Crippen LogP contribution is -2.46. The summed E-state index contributed by atoms with van der Waals surface area (Å²) in [4.78, 5) is 22.3. The first-order valence-electron chi connectivity index (χ1n) is 8.18. The number of amides is 1. The third-order valence-corrected chi connectivity index (χ3v) is 4.52. The first kappa shape index (κ1) is 17.8. The molecule has 3 rings (SSSR count). The van der Waals surface area contributed by atoms with Gasteiger partial charge in [0.15, 0.2) is 0 Å². The number of hydrogen-bond donors (Lipinski definition) is 2. The summed E-state index contributed by atoms with van der Waals surface area (Å²) in [6, 6.07) is 7.75. The second-order valence-electron chi connectivity index (χ2n) is 6.13. The van der Waals surface area contributed by atoms with Crippen molar-refractivity contribution in [3.8, 4) is 0 Å². The van der Waals surface area contributed by atoms with Crippen LogP contribution in [-0.2, 0) is 4.79 Å². The Kier molecular flexibility index (Phi) is 6.02. The molecule has 1 fully saturated rings. The normalized spacial score (nSPS) is 17.0. The van der Waals surface area contributed by atoms with E-state index in [0.717, 1.165) is 55.6 Å². The van der Waals surface area contributed by atoms with Gasteiger partial charge < -0.3 is 15.6 Å². The molecule has 2 heterocycles. The number of hydrogen-bond acceptors (Lipinski definition) is 3. The van der Waals surface area contributed by atoms with Gasteiger partial charge >= 0.3 is 0 Å². The van der Waals surface area contributed by atoms with Gasteiger partial charge in [-0.2, -0.15) is 0 Å². The molecule has 1 aliphatic heterocycles. The average Bonchev–Trinajstić information content (AvgIpc) is 2.98. The van der Waals surface area contributed by atoms with E-state index in [-0.39, 0.29) is 24.4 Å². The molecule has 1 atom stereocenters. The molecule has 1 aromatic carbocycles. The summed E-state index contributed by atoms with van der Waals surface area (Å²) in [5.74, 6) is 1.55. The number of aromatic nitrogens is 2. The molecule has 1 saturated heterocycles. The van der Waals surface area contributed by atoms with E-state index in [2.05, 4.69) is 16.9 Å². The van der Waals surface area contributed by atoms with E-state index in [1.807, 2.05) is 29.2 Å². The lowest BCUT2D eigenvalue weighted by molar-refractivity contribution is -0.133. The molecule has 5 nitrogen and oxygen atoms in total. The third-order valence-electron chi connectivity index (χ3n) is 4.52. The maximum Gasteiger partial charge on any atom is 0.239 e. The van der Waals surface area contributed by atoms with Gasteiger partial charge in [-0.1, -0.05) is 25.5 Å². The van der Waals surface area contributed by atoms with Gasteiger partial charge in [0.2, 0.25) is 5.91 Å². The highest BCUT2D eigenvalue weighted by atomic mass is 35.5. The molecule has 0 bridgehead atoms. The summed E-state index contributed by atoms with van der Waals surface area (Å²) in [5, 5.41) is 0. The minimum absolute atomic E-state index is 0. The number of nitrogens with zero attached hydrogens (tertiary/aromatic N) is 2. The number of carbonyl (C=O) groups is 1. The number of aromatic amines is 1. The SMILES string of the molecule is CCCC(N)C(=O)N1CCC(c2nc3ccccc3[nH]2)CC1.Cl. The Balaban J connectivity index is 0.00000192. The summed E-state index contributed by atoms with van der Waals surface area (Å²) in [7, 11) is 0. The van der Waals surface area contributed by atoms with Crippen molar-refractivity contribution in [3.05, 3.63) is 30.1 Å². The molecule has 0 saturated carbocycles. The minimum Gasteiger partial charge on any atom is -0.342 e. The van der Waals surface area contributed by atoms with E-state index >= 15 is 0 Å². The van der Waals surface area contributed by atoms with Gasteiger partial charge in [-0.15, -0.1) is 12.4 Å². The van der Waals surface area contributed by atoms with E-state index in [9.17, 15) is 4.79 Å².